The Morgan fingerprint density at radius 3 is 2.96 bits per heavy atom. The van der Waals surface area contributed by atoms with Gasteiger partial charge in [-0.25, -0.2) is 0 Å². The van der Waals surface area contributed by atoms with E-state index in [1.807, 2.05) is 41.6 Å². The minimum Gasteiger partial charge on any atom is -0.376 e. The number of hydrogen-bond donors (Lipinski definition) is 0. The zero-order valence-corrected chi connectivity index (χ0v) is 14.3. The summed E-state index contributed by atoms with van der Waals surface area (Å²) in [7, 11) is 0. The van der Waals surface area contributed by atoms with Crippen molar-refractivity contribution in [3.63, 3.8) is 0 Å². The van der Waals surface area contributed by atoms with Crippen LogP contribution in [0, 0.1) is 6.92 Å². The van der Waals surface area contributed by atoms with Gasteiger partial charge in [-0.05, 0) is 38.8 Å². The van der Waals surface area contributed by atoms with Crippen molar-refractivity contribution >= 4 is 5.91 Å². The molecular weight excluding hydrogens is 304 g/mol. The van der Waals surface area contributed by atoms with Gasteiger partial charge in [0.1, 0.15) is 0 Å². The van der Waals surface area contributed by atoms with Crippen molar-refractivity contribution in [2.24, 2.45) is 0 Å². The molecule has 1 aliphatic rings. The van der Waals surface area contributed by atoms with E-state index in [4.69, 9.17) is 4.74 Å². The van der Waals surface area contributed by atoms with E-state index in [0.29, 0.717) is 18.7 Å². The predicted octanol–water partition coefficient (Wildman–Crippen LogP) is 2.43. The van der Waals surface area contributed by atoms with E-state index in [1.165, 1.54) is 0 Å². The van der Waals surface area contributed by atoms with Gasteiger partial charge in [0, 0.05) is 31.6 Å². The van der Waals surface area contributed by atoms with Gasteiger partial charge < -0.3 is 9.64 Å². The summed E-state index contributed by atoms with van der Waals surface area (Å²) in [6.07, 6.45) is 5.59. The average Bonchev–Trinajstić information content (AvgIpc) is 3.24. The topological polar surface area (TPSA) is 60.2 Å². The van der Waals surface area contributed by atoms with Crippen LogP contribution in [0.2, 0.25) is 0 Å². The van der Waals surface area contributed by atoms with Crippen molar-refractivity contribution in [1.29, 1.82) is 0 Å². The number of carbonyl (C=O) groups excluding carboxylic acids is 1. The van der Waals surface area contributed by atoms with E-state index in [9.17, 15) is 4.79 Å². The number of rotatable bonds is 6. The smallest absolute Gasteiger partial charge is 0.257 e. The molecule has 0 aromatic carbocycles. The average molecular weight is 328 g/mol. The molecule has 2 aromatic heterocycles. The Morgan fingerprint density at radius 1 is 1.46 bits per heavy atom. The molecule has 0 saturated carbocycles. The predicted molar refractivity (Wildman–Crippen MR) is 90.6 cm³/mol. The van der Waals surface area contributed by atoms with Crippen molar-refractivity contribution < 1.29 is 9.53 Å². The molecule has 0 radical (unpaired) electrons. The summed E-state index contributed by atoms with van der Waals surface area (Å²) < 4.78 is 7.57. The fourth-order valence-electron chi connectivity index (χ4n) is 3.09. The Morgan fingerprint density at radius 2 is 2.33 bits per heavy atom. The first-order valence-electron chi connectivity index (χ1n) is 8.52. The Labute approximate surface area is 142 Å². The van der Waals surface area contributed by atoms with Crippen LogP contribution in [0.1, 0.15) is 41.5 Å². The summed E-state index contributed by atoms with van der Waals surface area (Å²) in [6.45, 7) is 6.57. The van der Waals surface area contributed by atoms with Crippen molar-refractivity contribution in [2.45, 2.75) is 45.9 Å². The summed E-state index contributed by atoms with van der Waals surface area (Å²) in [5.74, 6) is -0.00615. The van der Waals surface area contributed by atoms with E-state index in [1.54, 1.807) is 12.4 Å². The van der Waals surface area contributed by atoms with Gasteiger partial charge in [-0.2, -0.15) is 5.10 Å². The van der Waals surface area contributed by atoms with Crippen LogP contribution < -0.4 is 0 Å². The highest BCUT2D eigenvalue weighted by Crippen LogP contribution is 2.18. The lowest BCUT2D eigenvalue weighted by Gasteiger charge is -2.25. The molecule has 0 aliphatic carbocycles. The van der Waals surface area contributed by atoms with Gasteiger partial charge in [-0.1, -0.05) is 6.07 Å². The maximum atomic E-state index is 13.1. The molecule has 3 rings (SSSR count). The third-order valence-electron chi connectivity index (χ3n) is 4.45. The Bertz CT molecular complexity index is 678. The zero-order chi connectivity index (χ0) is 16.9. The van der Waals surface area contributed by atoms with Crippen molar-refractivity contribution in [1.82, 2.24) is 19.7 Å². The molecule has 1 amide bonds. The summed E-state index contributed by atoms with van der Waals surface area (Å²) in [5.41, 5.74) is 2.44. The second kappa shape index (κ2) is 7.57. The molecule has 3 heterocycles. The molecule has 0 unspecified atom stereocenters. The number of hydrogen-bond acceptors (Lipinski definition) is 4. The molecule has 6 nitrogen and oxygen atoms in total. The Kier molecular flexibility index (Phi) is 5.25. The molecule has 24 heavy (non-hydrogen) atoms. The van der Waals surface area contributed by atoms with Gasteiger partial charge in [-0.3, -0.25) is 14.5 Å². The number of ether oxygens (including phenoxy) is 1. The van der Waals surface area contributed by atoms with E-state index >= 15 is 0 Å². The van der Waals surface area contributed by atoms with E-state index in [2.05, 4.69) is 10.1 Å². The van der Waals surface area contributed by atoms with E-state index < -0.39 is 0 Å². The molecule has 1 aliphatic heterocycles. The first-order chi connectivity index (χ1) is 11.7. The normalized spacial score (nSPS) is 17.2. The molecule has 0 N–H and O–H groups in total. The van der Waals surface area contributed by atoms with Gasteiger partial charge in [0.05, 0.1) is 30.1 Å². The maximum absolute atomic E-state index is 13.1. The maximum Gasteiger partial charge on any atom is 0.257 e. The van der Waals surface area contributed by atoms with Crippen molar-refractivity contribution in [3.05, 3.63) is 47.5 Å². The van der Waals surface area contributed by atoms with Gasteiger partial charge >= 0.3 is 0 Å². The van der Waals surface area contributed by atoms with Crippen LogP contribution in [0.15, 0.2) is 30.6 Å². The van der Waals surface area contributed by atoms with Crippen LogP contribution in [0.5, 0.6) is 0 Å². The quantitative estimate of drug-likeness (QED) is 0.817. The third-order valence-corrected chi connectivity index (χ3v) is 4.45. The van der Waals surface area contributed by atoms with E-state index in [-0.39, 0.29) is 12.0 Å². The number of aromatic nitrogens is 3. The molecule has 1 fully saturated rings. The van der Waals surface area contributed by atoms with Crippen molar-refractivity contribution in [2.75, 3.05) is 13.2 Å². The molecule has 0 spiro atoms. The van der Waals surface area contributed by atoms with Gasteiger partial charge in [-0.15, -0.1) is 0 Å². The number of pyridine rings is 1. The highest BCUT2D eigenvalue weighted by Gasteiger charge is 2.26. The van der Waals surface area contributed by atoms with Crippen LogP contribution in [0.4, 0.5) is 0 Å². The van der Waals surface area contributed by atoms with Gasteiger partial charge in [0.2, 0.25) is 0 Å². The second-order valence-electron chi connectivity index (χ2n) is 6.10. The molecular formula is C18H24N4O2. The third kappa shape index (κ3) is 3.64. The lowest BCUT2D eigenvalue weighted by atomic mass is 10.1. The first-order valence-corrected chi connectivity index (χ1v) is 8.52. The van der Waals surface area contributed by atoms with Crippen LogP contribution >= 0.6 is 0 Å². The monoisotopic (exact) mass is 328 g/mol. The Hall–Kier alpha value is -2.21. The van der Waals surface area contributed by atoms with Crippen molar-refractivity contribution in [3.8, 4) is 0 Å². The Balaban J connectivity index is 1.81. The summed E-state index contributed by atoms with van der Waals surface area (Å²) in [5, 5.41) is 4.30. The standard InChI is InChI=1S/C18H24N4O2/c1-3-22-14(2)17(11-20-22)18(23)21(13-16-8-6-10-24-16)12-15-7-4-5-9-19-15/h4-5,7,9,11,16H,3,6,8,10,12-13H2,1-2H3/t16-/m1/s1. The first kappa shape index (κ1) is 16.6. The zero-order valence-electron chi connectivity index (χ0n) is 14.3. The van der Waals surface area contributed by atoms with Crippen LogP contribution in [0.3, 0.4) is 0 Å². The molecule has 6 heteroatoms. The van der Waals surface area contributed by atoms with E-state index in [0.717, 1.165) is 37.4 Å². The van der Waals surface area contributed by atoms with Crippen LogP contribution in [-0.2, 0) is 17.8 Å². The van der Waals surface area contributed by atoms with Gasteiger partial charge in [0.15, 0.2) is 0 Å². The fourth-order valence-corrected chi connectivity index (χ4v) is 3.09. The summed E-state index contributed by atoms with van der Waals surface area (Å²) >= 11 is 0. The molecule has 2 aromatic rings. The lowest BCUT2D eigenvalue weighted by molar-refractivity contribution is 0.0503. The second-order valence-corrected chi connectivity index (χ2v) is 6.10. The molecule has 128 valence electrons. The van der Waals surface area contributed by atoms with Crippen LogP contribution in [-0.4, -0.2) is 44.8 Å². The largest absolute Gasteiger partial charge is 0.376 e. The number of carbonyl (C=O) groups is 1. The lowest BCUT2D eigenvalue weighted by Crippen LogP contribution is -2.37. The minimum absolute atomic E-state index is 0.00615. The highest BCUT2D eigenvalue weighted by atomic mass is 16.5. The SMILES string of the molecule is CCn1ncc(C(=O)N(Cc2ccccn2)C[C@H]2CCCO2)c1C. The summed E-state index contributed by atoms with van der Waals surface area (Å²) in [6, 6.07) is 5.76. The minimum atomic E-state index is -0.00615. The number of nitrogens with zero attached hydrogens (tertiary/aromatic N) is 4. The molecule has 1 saturated heterocycles. The molecule has 1 atom stereocenters. The number of aryl methyl sites for hydroxylation is 1. The van der Waals surface area contributed by atoms with Crippen LogP contribution in [0.25, 0.3) is 0 Å². The number of amides is 1. The summed E-state index contributed by atoms with van der Waals surface area (Å²) in [4.78, 5) is 19.3. The highest BCUT2D eigenvalue weighted by molar-refractivity contribution is 5.95. The van der Waals surface area contributed by atoms with Gasteiger partial charge in [0.25, 0.3) is 5.91 Å². The fraction of sp³-hybridized carbons (Fsp3) is 0.500. The molecule has 0 bridgehead atoms.